The lowest BCUT2D eigenvalue weighted by atomic mass is 9.83. The van der Waals surface area contributed by atoms with Crippen LogP contribution in [-0.4, -0.2) is 76.8 Å². The molecule has 0 bridgehead atoms. The molecule has 0 radical (unpaired) electrons. The Morgan fingerprint density at radius 1 is 1.02 bits per heavy atom. The summed E-state index contributed by atoms with van der Waals surface area (Å²) in [5.41, 5.74) is 6.52. The molecule has 2 amide bonds. The van der Waals surface area contributed by atoms with E-state index in [9.17, 15) is 22.8 Å². The van der Waals surface area contributed by atoms with E-state index in [1.165, 1.54) is 0 Å². The Kier molecular flexibility index (Phi) is 8.04. The van der Waals surface area contributed by atoms with Crippen LogP contribution >= 0.6 is 0 Å². The molecule has 0 aliphatic carbocycles. The summed E-state index contributed by atoms with van der Waals surface area (Å²) in [6.07, 6.45) is -2.56. The number of aromatic nitrogens is 2. The Morgan fingerprint density at radius 3 is 2.33 bits per heavy atom. The molecule has 43 heavy (non-hydrogen) atoms. The lowest BCUT2D eigenvalue weighted by molar-refractivity contribution is -0.143. The first kappa shape index (κ1) is 29.4. The molecule has 3 fully saturated rings. The molecule has 4 unspecified atom stereocenters. The van der Waals surface area contributed by atoms with Gasteiger partial charge in [-0.1, -0.05) is 48.0 Å². The molecular formula is C32H36F3N5O3. The van der Waals surface area contributed by atoms with Gasteiger partial charge in [-0.25, -0.2) is 4.68 Å². The molecule has 8 nitrogen and oxygen atoms in total. The van der Waals surface area contributed by atoms with Gasteiger partial charge in [-0.05, 0) is 55.8 Å². The van der Waals surface area contributed by atoms with E-state index in [4.69, 9.17) is 10.5 Å². The maximum Gasteiger partial charge on any atom is 0.434 e. The van der Waals surface area contributed by atoms with Crippen LogP contribution in [0, 0.1) is 24.7 Å². The van der Waals surface area contributed by atoms with E-state index in [-0.39, 0.29) is 41.4 Å². The summed E-state index contributed by atoms with van der Waals surface area (Å²) in [5.74, 6) is -0.901. The molecule has 6 rings (SSSR count). The number of likely N-dealkylation sites (tertiary alicyclic amines) is 2. The monoisotopic (exact) mass is 595 g/mol. The molecule has 2 N–H and O–H groups in total. The molecule has 3 aliphatic heterocycles. The number of ether oxygens (including phenoxy) is 1. The average molecular weight is 596 g/mol. The smallest absolute Gasteiger partial charge is 0.377 e. The second-order valence-electron chi connectivity index (χ2n) is 12.1. The largest absolute Gasteiger partial charge is 0.434 e. The summed E-state index contributed by atoms with van der Waals surface area (Å²) in [4.78, 5) is 29.5. The van der Waals surface area contributed by atoms with Gasteiger partial charge in [0.1, 0.15) is 0 Å². The summed E-state index contributed by atoms with van der Waals surface area (Å²) in [7, 11) is 0. The minimum atomic E-state index is -4.75. The van der Waals surface area contributed by atoms with E-state index in [1.54, 1.807) is 29.2 Å². The third-order valence-corrected chi connectivity index (χ3v) is 9.28. The van der Waals surface area contributed by atoms with E-state index >= 15 is 0 Å². The molecule has 1 aromatic heterocycles. The molecule has 3 saturated heterocycles. The topological polar surface area (TPSA) is 93.7 Å². The molecule has 0 saturated carbocycles. The summed E-state index contributed by atoms with van der Waals surface area (Å²) < 4.78 is 49.5. The van der Waals surface area contributed by atoms with Crippen LogP contribution in [0.5, 0.6) is 0 Å². The molecular weight excluding hydrogens is 559 g/mol. The van der Waals surface area contributed by atoms with E-state index in [2.05, 4.69) is 22.1 Å². The maximum absolute atomic E-state index is 14.2. The first-order valence-electron chi connectivity index (χ1n) is 14.8. The van der Waals surface area contributed by atoms with Crippen molar-refractivity contribution in [3.8, 4) is 5.69 Å². The highest BCUT2D eigenvalue weighted by Gasteiger charge is 2.46. The lowest BCUT2D eigenvalue weighted by Gasteiger charge is -2.29. The zero-order valence-corrected chi connectivity index (χ0v) is 24.0. The van der Waals surface area contributed by atoms with Gasteiger partial charge in [0.2, 0.25) is 5.91 Å². The summed E-state index contributed by atoms with van der Waals surface area (Å²) in [6.45, 7) is 5.48. The first-order valence-corrected chi connectivity index (χ1v) is 14.8. The van der Waals surface area contributed by atoms with Gasteiger partial charge in [-0.15, -0.1) is 0 Å². The average Bonchev–Trinajstić information content (AvgIpc) is 3.76. The number of halogens is 3. The Morgan fingerprint density at radius 2 is 1.70 bits per heavy atom. The van der Waals surface area contributed by atoms with Crippen molar-refractivity contribution in [1.82, 2.24) is 19.6 Å². The van der Waals surface area contributed by atoms with Crippen molar-refractivity contribution >= 4 is 11.8 Å². The summed E-state index contributed by atoms with van der Waals surface area (Å²) in [6, 6.07) is 16.6. The highest BCUT2D eigenvalue weighted by molar-refractivity contribution is 5.95. The highest BCUT2D eigenvalue weighted by Crippen LogP contribution is 2.39. The third-order valence-electron chi connectivity index (χ3n) is 9.28. The van der Waals surface area contributed by atoms with Crippen LogP contribution < -0.4 is 5.73 Å². The Hall–Kier alpha value is -3.70. The Labute approximate surface area is 248 Å². The number of alkyl halides is 3. The van der Waals surface area contributed by atoms with Gasteiger partial charge in [0.15, 0.2) is 5.69 Å². The van der Waals surface area contributed by atoms with Crippen LogP contribution in [0.25, 0.3) is 5.69 Å². The first-order chi connectivity index (χ1) is 20.6. The van der Waals surface area contributed by atoms with Gasteiger partial charge in [0.25, 0.3) is 5.91 Å². The molecule has 2 aromatic carbocycles. The van der Waals surface area contributed by atoms with Gasteiger partial charge >= 0.3 is 6.18 Å². The lowest BCUT2D eigenvalue weighted by Crippen LogP contribution is -2.37. The van der Waals surface area contributed by atoms with E-state index in [1.807, 2.05) is 25.1 Å². The highest BCUT2D eigenvalue weighted by atomic mass is 19.4. The molecule has 228 valence electrons. The Balaban J connectivity index is 1.11. The number of nitrogens with two attached hydrogens (primary N) is 1. The van der Waals surface area contributed by atoms with E-state index < -0.39 is 23.3 Å². The fourth-order valence-corrected chi connectivity index (χ4v) is 7.12. The molecule has 4 heterocycles. The van der Waals surface area contributed by atoms with Gasteiger partial charge in [0.05, 0.1) is 29.5 Å². The van der Waals surface area contributed by atoms with Crippen molar-refractivity contribution < 1.29 is 27.5 Å². The van der Waals surface area contributed by atoms with Crippen LogP contribution in [0.4, 0.5) is 13.2 Å². The number of hydrogen-bond acceptors (Lipinski definition) is 5. The third kappa shape index (κ3) is 5.92. The minimum absolute atomic E-state index is 0.0190. The molecule has 5 atom stereocenters. The molecule has 3 aliphatic rings. The number of primary amides is 1. The Bertz CT molecular complexity index is 1450. The summed E-state index contributed by atoms with van der Waals surface area (Å²) >= 11 is 0. The number of benzene rings is 2. The number of carbonyl (C=O) groups excluding carboxylic acids is 2. The zero-order valence-electron chi connectivity index (χ0n) is 24.0. The van der Waals surface area contributed by atoms with Crippen molar-refractivity contribution in [3.63, 3.8) is 0 Å². The number of aryl methyl sites for hydroxylation is 1. The molecule has 11 heteroatoms. The van der Waals surface area contributed by atoms with Gasteiger partial charge in [0, 0.05) is 38.7 Å². The SMILES string of the molecule is Cc1ccc(-n2ncc(C(=O)N3CC4CN(CC[C@@H](c5ccccc5)C5OCCC5C(N)=O)CC4C3)c2C(F)(F)F)cc1. The van der Waals surface area contributed by atoms with Crippen LogP contribution in [0.2, 0.25) is 0 Å². The maximum atomic E-state index is 14.2. The molecule has 3 aromatic rings. The predicted molar refractivity (Wildman–Crippen MR) is 153 cm³/mol. The number of hydrogen-bond donors (Lipinski definition) is 1. The zero-order chi connectivity index (χ0) is 30.3. The van der Waals surface area contributed by atoms with Crippen molar-refractivity contribution in [2.24, 2.45) is 23.5 Å². The van der Waals surface area contributed by atoms with Gasteiger partial charge in [-0.3, -0.25) is 9.59 Å². The molecule has 0 spiro atoms. The quantitative estimate of drug-likeness (QED) is 0.420. The van der Waals surface area contributed by atoms with Crippen molar-refractivity contribution in [2.75, 3.05) is 39.3 Å². The number of fused-ring (bicyclic) bond motifs is 1. The fourth-order valence-electron chi connectivity index (χ4n) is 7.12. The van der Waals surface area contributed by atoms with Crippen LogP contribution in [0.1, 0.15) is 45.9 Å². The number of rotatable bonds is 8. The van der Waals surface area contributed by atoms with Crippen molar-refractivity contribution in [2.45, 2.75) is 38.0 Å². The normalized spacial score (nSPS) is 24.8. The fraction of sp³-hybridized carbons (Fsp3) is 0.469. The number of amides is 2. The summed E-state index contributed by atoms with van der Waals surface area (Å²) in [5, 5.41) is 3.98. The second-order valence-corrected chi connectivity index (χ2v) is 12.1. The van der Waals surface area contributed by atoms with Gasteiger partial charge < -0.3 is 20.3 Å². The van der Waals surface area contributed by atoms with Gasteiger partial charge in [-0.2, -0.15) is 18.3 Å². The van der Waals surface area contributed by atoms with Crippen LogP contribution in [0.15, 0.2) is 60.8 Å². The minimum Gasteiger partial charge on any atom is -0.377 e. The second kappa shape index (κ2) is 11.8. The van der Waals surface area contributed by atoms with E-state index in [0.717, 1.165) is 48.1 Å². The van der Waals surface area contributed by atoms with Crippen molar-refractivity contribution in [1.29, 1.82) is 0 Å². The number of nitrogens with zero attached hydrogens (tertiary/aromatic N) is 4. The van der Waals surface area contributed by atoms with E-state index in [0.29, 0.717) is 26.1 Å². The number of carbonyl (C=O) groups is 2. The van der Waals surface area contributed by atoms with Crippen molar-refractivity contribution in [3.05, 3.63) is 83.2 Å². The predicted octanol–water partition coefficient (Wildman–Crippen LogP) is 4.27. The standard InChI is InChI=1S/C32H36F3N5O3/c1-20-7-9-24(10-8-20)40-29(32(33,34)35)27(15-37-40)31(42)39-18-22-16-38(17-23(22)19-39)13-11-25(21-5-3-2-4-6-21)28-26(30(36)41)12-14-43-28/h2-10,15,22-23,25-26,28H,11-14,16-19H2,1H3,(H2,36,41)/t22?,23?,25-,26?,28?/m0/s1. The van der Waals surface area contributed by atoms with Crippen LogP contribution in [-0.2, 0) is 15.7 Å². The van der Waals surface area contributed by atoms with Crippen LogP contribution in [0.3, 0.4) is 0 Å².